The molecule has 1 atom stereocenters. The first-order valence-electron chi connectivity index (χ1n) is 8.07. The van der Waals surface area contributed by atoms with Gasteiger partial charge in [0.25, 0.3) is 0 Å². The molecule has 24 heavy (non-hydrogen) atoms. The Labute approximate surface area is 144 Å². The number of ether oxygens (including phenoxy) is 2. The van der Waals surface area contributed by atoms with Crippen LogP contribution in [0.1, 0.15) is 18.5 Å². The first-order valence-corrected chi connectivity index (χ1v) is 8.95. The molecule has 2 aliphatic rings. The third kappa shape index (κ3) is 3.09. The van der Waals surface area contributed by atoms with Crippen molar-refractivity contribution in [3.05, 3.63) is 29.3 Å². The smallest absolute Gasteiger partial charge is 0.231 e. The lowest BCUT2D eigenvalue weighted by Gasteiger charge is -2.30. The molecule has 4 rings (SSSR count). The number of piperidine rings is 1. The zero-order valence-electron chi connectivity index (χ0n) is 13.2. The molecule has 1 fully saturated rings. The van der Waals surface area contributed by atoms with Crippen molar-refractivity contribution in [3.8, 4) is 22.1 Å². The topological polar surface area (TPSA) is 77.7 Å². The largest absolute Gasteiger partial charge is 0.454 e. The molecule has 0 bridgehead atoms. The van der Waals surface area contributed by atoms with Crippen LogP contribution >= 0.6 is 11.3 Å². The van der Waals surface area contributed by atoms with E-state index in [9.17, 15) is 4.79 Å². The molecule has 126 valence electrons. The number of likely N-dealkylation sites (tertiary alicyclic amines) is 1. The number of amides is 1. The van der Waals surface area contributed by atoms with Gasteiger partial charge in [0, 0.05) is 30.1 Å². The van der Waals surface area contributed by atoms with Crippen molar-refractivity contribution in [2.75, 3.05) is 19.9 Å². The summed E-state index contributed by atoms with van der Waals surface area (Å²) in [7, 11) is 0. The minimum absolute atomic E-state index is 0.0994. The molecular formula is C17H19N3O3S. The molecule has 0 radical (unpaired) electrons. The van der Waals surface area contributed by atoms with Gasteiger partial charge in [-0.05, 0) is 31.0 Å². The van der Waals surface area contributed by atoms with E-state index in [-0.39, 0.29) is 18.7 Å². The van der Waals surface area contributed by atoms with E-state index in [0.29, 0.717) is 13.0 Å². The number of carbonyl (C=O) groups is 1. The Balaban J connectivity index is 1.46. The highest BCUT2D eigenvalue weighted by Gasteiger charge is 2.22. The molecule has 2 N–H and O–H groups in total. The van der Waals surface area contributed by atoms with Gasteiger partial charge in [-0.3, -0.25) is 4.79 Å². The van der Waals surface area contributed by atoms with Crippen LogP contribution in [0.4, 0.5) is 0 Å². The number of nitrogens with two attached hydrogens (primary N) is 1. The number of carbonyl (C=O) groups excluding carboxylic acids is 1. The van der Waals surface area contributed by atoms with Gasteiger partial charge in [-0.2, -0.15) is 0 Å². The SMILES string of the molecule is NC1CCCN(C(=O)Cc2csc(-c3ccc4c(c3)OCO4)n2)C1. The van der Waals surface area contributed by atoms with Gasteiger partial charge in [0.15, 0.2) is 11.5 Å². The van der Waals surface area contributed by atoms with Gasteiger partial charge in [-0.25, -0.2) is 4.98 Å². The fourth-order valence-corrected chi connectivity index (χ4v) is 3.87. The van der Waals surface area contributed by atoms with E-state index in [0.717, 1.165) is 47.2 Å². The second-order valence-corrected chi connectivity index (χ2v) is 6.99. The van der Waals surface area contributed by atoms with Crippen molar-refractivity contribution >= 4 is 17.2 Å². The van der Waals surface area contributed by atoms with Crippen LogP contribution in [-0.4, -0.2) is 41.7 Å². The molecule has 0 aliphatic carbocycles. The molecule has 1 aromatic heterocycles. The summed E-state index contributed by atoms with van der Waals surface area (Å²) < 4.78 is 10.7. The molecule has 6 nitrogen and oxygen atoms in total. The van der Waals surface area contributed by atoms with Crippen molar-refractivity contribution in [1.82, 2.24) is 9.88 Å². The first kappa shape index (κ1) is 15.4. The second kappa shape index (κ2) is 6.41. The number of nitrogens with zero attached hydrogens (tertiary/aromatic N) is 2. The highest BCUT2D eigenvalue weighted by atomic mass is 32.1. The summed E-state index contributed by atoms with van der Waals surface area (Å²) in [4.78, 5) is 18.9. The maximum Gasteiger partial charge on any atom is 0.231 e. The molecule has 0 spiro atoms. The number of benzene rings is 1. The molecule has 2 aromatic rings. The standard InChI is InChI=1S/C17H19N3O3S/c18-12-2-1-5-20(8-12)16(21)7-13-9-24-17(19-13)11-3-4-14-15(6-11)23-10-22-14/h3-4,6,9,12H,1-2,5,7-8,10,18H2. The maximum absolute atomic E-state index is 12.4. The predicted octanol–water partition coefficient (Wildman–Crippen LogP) is 2.03. The lowest BCUT2D eigenvalue weighted by atomic mass is 10.1. The third-order valence-electron chi connectivity index (χ3n) is 4.31. The van der Waals surface area contributed by atoms with E-state index in [1.807, 2.05) is 28.5 Å². The van der Waals surface area contributed by atoms with Gasteiger partial charge < -0.3 is 20.1 Å². The Bertz CT molecular complexity index is 761. The van der Waals surface area contributed by atoms with E-state index in [1.165, 1.54) is 11.3 Å². The van der Waals surface area contributed by atoms with Crippen LogP contribution in [0.15, 0.2) is 23.6 Å². The fourth-order valence-electron chi connectivity index (χ4n) is 3.05. The number of rotatable bonds is 3. The number of hydrogen-bond donors (Lipinski definition) is 1. The van der Waals surface area contributed by atoms with Crippen LogP contribution in [-0.2, 0) is 11.2 Å². The van der Waals surface area contributed by atoms with Gasteiger partial charge in [0.1, 0.15) is 5.01 Å². The number of aromatic nitrogens is 1. The zero-order chi connectivity index (χ0) is 16.5. The van der Waals surface area contributed by atoms with Gasteiger partial charge in [0.2, 0.25) is 12.7 Å². The van der Waals surface area contributed by atoms with Gasteiger partial charge in [-0.15, -0.1) is 11.3 Å². The molecule has 0 saturated carbocycles. The summed E-state index contributed by atoms with van der Waals surface area (Å²) in [6.45, 7) is 1.71. The summed E-state index contributed by atoms with van der Waals surface area (Å²) in [5, 5.41) is 2.83. The van der Waals surface area contributed by atoms with Crippen molar-refractivity contribution in [3.63, 3.8) is 0 Å². The van der Waals surface area contributed by atoms with Crippen molar-refractivity contribution in [2.45, 2.75) is 25.3 Å². The highest BCUT2D eigenvalue weighted by molar-refractivity contribution is 7.13. The Kier molecular flexibility index (Phi) is 4.12. The number of thiazole rings is 1. The summed E-state index contributed by atoms with van der Waals surface area (Å²) in [6, 6.07) is 5.87. The summed E-state index contributed by atoms with van der Waals surface area (Å²) >= 11 is 1.53. The summed E-state index contributed by atoms with van der Waals surface area (Å²) in [5.41, 5.74) is 7.73. The van der Waals surface area contributed by atoms with E-state index in [1.54, 1.807) is 0 Å². The minimum atomic E-state index is 0.0994. The van der Waals surface area contributed by atoms with Crippen LogP contribution < -0.4 is 15.2 Å². The molecule has 1 saturated heterocycles. The fraction of sp³-hybridized carbons (Fsp3) is 0.412. The zero-order valence-corrected chi connectivity index (χ0v) is 14.1. The van der Waals surface area contributed by atoms with Crippen LogP contribution in [0.25, 0.3) is 10.6 Å². The molecule has 1 amide bonds. The van der Waals surface area contributed by atoms with Crippen LogP contribution in [0.2, 0.25) is 0 Å². The molecule has 7 heteroatoms. The predicted molar refractivity (Wildman–Crippen MR) is 91.2 cm³/mol. The van der Waals surface area contributed by atoms with E-state index >= 15 is 0 Å². The highest BCUT2D eigenvalue weighted by Crippen LogP contribution is 2.36. The van der Waals surface area contributed by atoms with Gasteiger partial charge in [0.05, 0.1) is 12.1 Å². The Morgan fingerprint density at radius 2 is 2.25 bits per heavy atom. The van der Waals surface area contributed by atoms with Crippen molar-refractivity contribution in [1.29, 1.82) is 0 Å². The molecule has 1 unspecified atom stereocenters. The second-order valence-electron chi connectivity index (χ2n) is 6.13. The van der Waals surface area contributed by atoms with Crippen molar-refractivity contribution in [2.24, 2.45) is 5.73 Å². The number of hydrogen-bond acceptors (Lipinski definition) is 6. The van der Waals surface area contributed by atoms with Crippen LogP contribution in [0.3, 0.4) is 0 Å². The lowest BCUT2D eigenvalue weighted by molar-refractivity contribution is -0.131. The van der Waals surface area contributed by atoms with Crippen molar-refractivity contribution < 1.29 is 14.3 Å². The molecule has 1 aromatic carbocycles. The lowest BCUT2D eigenvalue weighted by Crippen LogP contribution is -2.46. The van der Waals surface area contributed by atoms with Gasteiger partial charge >= 0.3 is 0 Å². The average molecular weight is 345 g/mol. The Hall–Kier alpha value is -2.12. The molecule has 3 heterocycles. The minimum Gasteiger partial charge on any atom is -0.454 e. The van der Waals surface area contributed by atoms with Crippen LogP contribution in [0.5, 0.6) is 11.5 Å². The van der Waals surface area contributed by atoms with E-state index in [2.05, 4.69) is 4.98 Å². The Morgan fingerprint density at radius 3 is 3.12 bits per heavy atom. The first-order chi connectivity index (χ1) is 11.7. The van der Waals surface area contributed by atoms with Gasteiger partial charge in [-0.1, -0.05) is 0 Å². The molecular weight excluding hydrogens is 326 g/mol. The summed E-state index contributed by atoms with van der Waals surface area (Å²) in [5.74, 6) is 1.60. The maximum atomic E-state index is 12.4. The molecule has 2 aliphatic heterocycles. The average Bonchev–Trinajstić information content (AvgIpc) is 3.23. The monoisotopic (exact) mass is 345 g/mol. The van der Waals surface area contributed by atoms with Crippen LogP contribution in [0, 0.1) is 0 Å². The van der Waals surface area contributed by atoms with E-state index < -0.39 is 0 Å². The normalized spacial score (nSPS) is 19.5. The summed E-state index contributed by atoms with van der Waals surface area (Å²) in [6.07, 6.45) is 2.30. The quantitative estimate of drug-likeness (QED) is 0.921. The number of fused-ring (bicyclic) bond motifs is 1. The van der Waals surface area contributed by atoms with E-state index in [4.69, 9.17) is 15.2 Å². The third-order valence-corrected chi connectivity index (χ3v) is 5.25. The Morgan fingerprint density at radius 1 is 1.38 bits per heavy atom.